The second kappa shape index (κ2) is 9.51. The number of non-ortho nitro benzene ring substituents is 1. The number of hydrogen-bond donors (Lipinski definition) is 2. The van der Waals surface area contributed by atoms with Crippen molar-refractivity contribution in [2.75, 3.05) is 17.2 Å². The Morgan fingerprint density at radius 2 is 1.96 bits per heavy atom. The van der Waals surface area contributed by atoms with Crippen LogP contribution in [0.1, 0.15) is 0 Å². The summed E-state index contributed by atoms with van der Waals surface area (Å²) in [5.74, 6) is -1.25. The molecule has 9 nitrogen and oxygen atoms in total. The highest BCUT2D eigenvalue weighted by atomic mass is 35.5. The maximum atomic E-state index is 11.7. The number of rotatable bonds is 7. The van der Waals surface area contributed by atoms with E-state index in [-0.39, 0.29) is 11.4 Å². The van der Waals surface area contributed by atoms with Crippen molar-refractivity contribution in [1.82, 2.24) is 0 Å². The molecule has 0 fully saturated rings. The number of nitro groups is 1. The second-order valence-electron chi connectivity index (χ2n) is 4.98. The molecule has 27 heavy (non-hydrogen) atoms. The van der Waals surface area contributed by atoms with Crippen LogP contribution in [-0.4, -0.2) is 29.6 Å². The van der Waals surface area contributed by atoms with Crippen molar-refractivity contribution < 1.29 is 19.3 Å². The van der Waals surface area contributed by atoms with Crippen LogP contribution < -0.4 is 10.6 Å². The Bertz CT molecular complexity index is 904. The van der Waals surface area contributed by atoms with Gasteiger partial charge in [-0.15, -0.1) is 0 Å². The fraction of sp³-hybridized carbons (Fsp3) is 0.0625. The van der Waals surface area contributed by atoms with Gasteiger partial charge in [0, 0.05) is 22.8 Å². The Morgan fingerprint density at radius 3 is 2.70 bits per heavy atom. The van der Waals surface area contributed by atoms with Crippen molar-refractivity contribution >= 4 is 58.3 Å². The summed E-state index contributed by atoms with van der Waals surface area (Å²) in [5, 5.41) is 19.6. The largest absolute Gasteiger partial charge is 0.385 e. The van der Waals surface area contributed by atoms with Crippen LogP contribution in [0, 0.1) is 10.1 Å². The quantitative estimate of drug-likeness (QED) is 0.410. The molecule has 0 aromatic heterocycles. The van der Waals surface area contributed by atoms with Gasteiger partial charge in [0.05, 0.1) is 15.6 Å². The number of hydrogen-bond acceptors (Lipinski definition) is 6. The monoisotopic (exact) mass is 410 g/mol. The molecule has 2 amide bonds. The number of carbonyl (C=O) groups excluding carboxylic acids is 2. The van der Waals surface area contributed by atoms with Gasteiger partial charge in [-0.2, -0.15) is 0 Å². The molecule has 0 saturated heterocycles. The molecule has 0 spiro atoms. The number of halogens is 2. The van der Waals surface area contributed by atoms with Gasteiger partial charge in [0.2, 0.25) is 0 Å². The summed E-state index contributed by atoms with van der Waals surface area (Å²) >= 11 is 11.7. The van der Waals surface area contributed by atoms with Crippen LogP contribution in [0.3, 0.4) is 0 Å². The van der Waals surface area contributed by atoms with Crippen molar-refractivity contribution in [3.8, 4) is 0 Å². The standard InChI is InChI=1S/C16H12Cl2N4O5/c17-10-4-5-13(18)14(6-10)21-16(24)9-27-19-8-15(23)20-11-2-1-3-12(7-11)22(25)26/h1-8H,9H2,(H,20,23)(H,21,24)/b19-8-. The number of nitrogens with one attached hydrogen (secondary N) is 2. The summed E-state index contributed by atoms with van der Waals surface area (Å²) in [4.78, 5) is 38.2. The molecule has 0 radical (unpaired) electrons. The number of amides is 2. The molecule has 2 aromatic rings. The summed E-state index contributed by atoms with van der Waals surface area (Å²) in [6, 6.07) is 9.94. The molecule has 0 bridgehead atoms. The molecule has 2 N–H and O–H groups in total. The molecule has 11 heteroatoms. The van der Waals surface area contributed by atoms with Crippen molar-refractivity contribution in [2.24, 2.45) is 5.16 Å². The number of benzene rings is 2. The molecule has 0 saturated carbocycles. The molecule has 0 aliphatic carbocycles. The summed E-state index contributed by atoms with van der Waals surface area (Å²) in [5.41, 5.74) is 0.358. The number of nitro benzene ring substituents is 1. The van der Waals surface area contributed by atoms with Crippen LogP contribution in [0.4, 0.5) is 17.1 Å². The zero-order chi connectivity index (χ0) is 19.8. The zero-order valence-corrected chi connectivity index (χ0v) is 15.0. The second-order valence-corrected chi connectivity index (χ2v) is 5.82. The van der Waals surface area contributed by atoms with E-state index in [4.69, 9.17) is 28.0 Å². The van der Waals surface area contributed by atoms with Gasteiger partial charge in [0.15, 0.2) is 6.61 Å². The van der Waals surface area contributed by atoms with E-state index in [2.05, 4.69) is 15.8 Å². The van der Waals surface area contributed by atoms with E-state index >= 15 is 0 Å². The molecular formula is C16H12Cl2N4O5. The predicted molar refractivity (Wildman–Crippen MR) is 101 cm³/mol. The van der Waals surface area contributed by atoms with Gasteiger partial charge >= 0.3 is 0 Å². The molecular weight excluding hydrogens is 399 g/mol. The average Bonchev–Trinajstić information content (AvgIpc) is 2.62. The van der Waals surface area contributed by atoms with Gasteiger partial charge in [-0.25, -0.2) is 0 Å². The zero-order valence-electron chi connectivity index (χ0n) is 13.5. The first-order valence-electron chi connectivity index (χ1n) is 7.31. The van der Waals surface area contributed by atoms with Crippen LogP contribution in [0.5, 0.6) is 0 Å². The molecule has 2 rings (SSSR count). The first-order valence-corrected chi connectivity index (χ1v) is 8.06. The molecule has 0 atom stereocenters. The third kappa shape index (κ3) is 6.57. The molecule has 0 aliphatic rings. The van der Waals surface area contributed by atoms with Gasteiger partial charge in [-0.3, -0.25) is 19.7 Å². The average molecular weight is 411 g/mol. The van der Waals surface area contributed by atoms with E-state index in [9.17, 15) is 19.7 Å². The summed E-state index contributed by atoms with van der Waals surface area (Å²) in [6.45, 7) is -0.469. The molecule has 140 valence electrons. The van der Waals surface area contributed by atoms with Crippen molar-refractivity contribution in [3.63, 3.8) is 0 Å². The van der Waals surface area contributed by atoms with Gasteiger partial charge in [0.1, 0.15) is 6.21 Å². The van der Waals surface area contributed by atoms with E-state index in [1.54, 1.807) is 6.07 Å². The minimum Gasteiger partial charge on any atom is -0.385 e. The SMILES string of the molecule is O=C(/C=N\OCC(=O)Nc1cc(Cl)ccc1Cl)Nc1cccc([N+](=O)[O-])c1. The number of carbonyl (C=O) groups is 2. The maximum Gasteiger partial charge on any atom is 0.271 e. The first-order chi connectivity index (χ1) is 12.8. The van der Waals surface area contributed by atoms with Gasteiger partial charge in [-0.05, 0) is 24.3 Å². The number of anilines is 2. The number of oxime groups is 1. The normalized spacial score (nSPS) is 10.4. The predicted octanol–water partition coefficient (Wildman–Crippen LogP) is 3.48. The smallest absolute Gasteiger partial charge is 0.271 e. The minimum atomic E-state index is -0.686. The summed E-state index contributed by atoms with van der Waals surface area (Å²) < 4.78 is 0. The molecule has 2 aromatic carbocycles. The third-order valence-electron chi connectivity index (χ3n) is 2.97. The minimum absolute atomic E-state index is 0.169. The fourth-order valence-electron chi connectivity index (χ4n) is 1.83. The lowest BCUT2D eigenvalue weighted by atomic mass is 10.3. The van der Waals surface area contributed by atoms with Crippen molar-refractivity contribution in [1.29, 1.82) is 0 Å². The Labute approximate surface area is 163 Å². The van der Waals surface area contributed by atoms with E-state index in [0.29, 0.717) is 15.7 Å². The lowest BCUT2D eigenvalue weighted by Crippen LogP contribution is -2.18. The van der Waals surface area contributed by atoms with Crippen LogP contribution in [0.2, 0.25) is 10.0 Å². The lowest BCUT2D eigenvalue weighted by Gasteiger charge is -2.06. The molecule has 0 unspecified atom stereocenters. The van der Waals surface area contributed by atoms with Crippen LogP contribution >= 0.6 is 23.2 Å². The highest BCUT2D eigenvalue weighted by Gasteiger charge is 2.08. The van der Waals surface area contributed by atoms with E-state index < -0.39 is 23.3 Å². The van der Waals surface area contributed by atoms with Crippen LogP contribution in [0.15, 0.2) is 47.6 Å². The van der Waals surface area contributed by atoms with Crippen LogP contribution in [-0.2, 0) is 14.4 Å². The maximum absolute atomic E-state index is 11.7. The Balaban J connectivity index is 1.80. The van der Waals surface area contributed by atoms with Crippen molar-refractivity contribution in [3.05, 3.63) is 62.6 Å². The van der Waals surface area contributed by atoms with E-state index in [1.807, 2.05) is 0 Å². The molecule has 0 heterocycles. The van der Waals surface area contributed by atoms with E-state index in [1.165, 1.54) is 36.4 Å². The lowest BCUT2D eigenvalue weighted by molar-refractivity contribution is -0.384. The Morgan fingerprint density at radius 1 is 1.19 bits per heavy atom. The Kier molecular flexibility index (Phi) is 7.09. The van der Waals surface area contributed by atoms with Crippen LogP contribution in [0.25, 0.3) is 0 Å². The van der Waals surface area contributed by atoms with E-state index in [0.717, 1.165) is 6.21 Å². The number of nitrogens with zero attached hydrogens (tertiary/aromatic N) is 2. The van der Waals surface area contributed by atoms with Gasteiger partial charge in [0.25, 0.3) is 17.5 Å². The Hall–Kier alpha value is -3.17. The fourth-order valence-corrected chi connectivity index (χ4v) is 2.17. The highest BCUT2D eigenvalue weighted by Crippen LogP contribution is 2.25. The van der Waals surface area contributed by atoms with Gasteiger partial charge in [-0.1, -0.05) is 34.4 Å². The van der Waals surface area contributed by atoms with Gasteiger partial charge < -0.3 is 15.5 Å². The molecule has 0 aliphatic heterocycles. The highest BCUT2D eigenvalue weighted by molar-refractivity contribution is 6.35. The topological polar surface area (TPSA) is 123 Å². The summed E-state index contributed by atoms with van der Waals surface area (Å²) in [6.07, 6.45) is 0.790. The summed E-state index contributed by atoms with van der Waals surface area (Å²) in [7, 11) is 0. The first kappa shape index (κ1) is 20.1. The third-order valence-corrected chi connectivity index (χ3v) is 3.53. The van der Waals surface area contributed by atoms with Crippen molar-refractivity contribution in [2.45, 2.75) is 0 Å².